The van der Waals surface area contributed by atoms with Gasteiger partial charge in [-0.1, -0.05) is 23.7 Å². The molecule has 0 spiro atoms. The normalized spacial score (nSPS) is 11.8. The molecule has 0 aliphatic carbocycles. The number of alkyl halides is 3. The topological polar surface area (TPSA) is 66.0 Å². The van der Waals surface area contributed by atoms with Gasteiger partial charge in [-0.15, -0.1) is 0 Å². The van der Waals surface area contributed by atoms with E-state index >= 15 is 0 Å². The number of hydrogen-bond acceptors (Lipinski definition) is 3. The highest BCUT2D eigenvalue weighted by atomic mass is 35.5. The molecule has 2 aromatic carbocycles. The van der Waals surface area contributed by atoms with Crippen LogP contribution in [0.15, 0.2) is 70.7 Å². The molecule has 0 radical (unpaired) electrons. The van der Waals surface area contributed by atoms with Crippen LogP contribution in [0, 0.1) is 11.3 Å². The third kappa shape index (κ3) is 5.06. The molecule has 1 heterocycles. The van der Waals surface area contributed by atoms with E-state index in [1.54, 1.807) is 30.3 Å². The Bertz CT molecular complexity index is 1110. The molecule has 0 aliphatic heterocycles. The van der Waals surface area contributed by atoms with Gasteiger partial charge in [0.25, 0.3) is 5.91 Å². The number of anilines is 1. The molecule has 0 saturated heterocycles. The van der Waals surface area contributed by atoms with Gasteiger partial charge < -0.3 is 9.73 Å². The van der Waals surface area contributed by atoms with Crippen molar-refractivity contribution in [1.82, 2.24) is 0 Å². The summed E-state index contributed by atoms with van der Waals surface area (Å²) in [6, 6.07) is 15.7. The van der Waals surface area contributed by atoms with Crippen molar-refractivity contribution in [3.05, 3.63) is 82.6 Å². The summed E-state index contributed by atoms with van der Waals surface area (Å²) in [6.07, 6.45) is -3.26. The van der Waals surface area contributed by atoms with E-state index < -0.39 is 17.6 Å². The Hall–Kier alpha value is -3.50. The van der Waals surface area contributed by atoms with Gasteiger partial charge in [0.05, 0.1) is 5.56 Å². The quantitative estimate of drug-likeness (QED) is 0.409. The fourth-order valence-electron chi connectivity index (χ4n) is 2.46. The first-order valence-electron chi connectivity index (χ1n) is 8.22. The Kier molecular flexibility index (Phi) is 5.76. The van der Waals surface area contributed by atoms with E-state index in [9.17, 15) is 23.2 Å². The number of rotatable bonds is 4. The van der Waals surface area contributed by atoms with Crippen LogP contribution in [0.5, 0.6) is 0 Å². The average Bonchev–Trinajstić information content (AvgIpc) is 3.16. The Morgan fingerprint density at radius 2 is 1.83 bits per heavy atom. The molecule has 1 amide bonds. The molecule has 8 heteroatoms. The largest absolute Gasteiger partial charge is 0.457 e. The van der Waals surface area contributed by atoms with Crippen molar-refractivity contribution in [2.45, 2.75) is 6.18 Å². The second kappa shape index (κ2) is 8.25. The molecule has 1 aromatic heterocycles. The lowest BCUT2D eigenvalue weighted by molar-refractivity contribution is -0.137. The fourth-order valence-corrected chi connectivity index (χ4v) is 2.58. The average molecular weight is 417 g/mol. The lowest BCUT2D eigenvalue weighted by Crippen LogP contribution is -2.13. The van der Waals surface area contributed by atoms with E-state index in [0.717, 1.165) is 12.1 Å². The lowest BCUT2D eigenvalue weighted by atomic mass is 10.1. The molecule has 0 saturated carbocycles. The summed E-state index contributed by atoms with van der Waals surface area (Å²) in [5.41, 5.74) is -0.360. The number of amides is 1. The molecule has 0 bridgehead atoms. The van der Waals surface area contributed by atoms with E-state index in [1.807, 2.05) is 0 Å². The third-order valence-electron chi connectivity index (χ3n) is 3.85. The number of hydrogen-bond donors (Lipinski definition) is 1. The SMILES string of the molecule is N#CC(=Cc1ccc(-c2cccc(C(F)(F)F)c2)o1)C(=O)Nc1ccc(Cl)cc1. The molecule has 4 nitrogen and oxygen atoms in total. The fraction of sp³-hybridized carbons (Fsp3) is 0.0476. The van der Waals surface area contributed by atoms with E-state index in [4.69, 9.17) is 16.0 Å². The maximum Gasteiger partial charge on any atom is 0.416 e. The number of nitrogens with zero attached hydrogens (tertiary/aromatic N) is 1. The summed E-state index contributed by atoms with van der Waals surface area (Å²) >= 11 is 5.78. The maximum absolute atomic E-state index is 12.9. The first-order valence-corrected chi connectivity index (χ1v) is 8.60. The van der Waals surface area contributed by atoms with Crippen LogP contribution in [0.1, 0.15) is 11.3 Å². The van der Waals surface area contributed by atoms with Crippen LogP contribution in [0.25, 0.3) is 17.4 Å². The van der Waals surface area contributed by atoms with Gasteiger partial charge in [-0.25, -0.2) is 0 Å². The summed E-state index contributed by atoms with van der Waals surface area (Å²) in [4.78, 5) is 12.3. The zero-order chi connectivity index (χ0) is 21.0. The minimum Gasteiger partial charge on any atom is -0.457 e. The number of benzene rings is 2. The third-order valence-corrected chi connectivity index (χ3v) is 4.11. The van der Waals surface area contributed by atoms with Crippen molar-refractivity contribution in [3.8, 4) is 17.4 Å². The van der Waals surface area contributed by atoms with Crippen molar-refractivity contribution in [2.75, 3.05) is 5.32 Å². The number of halogens is 4. The zero-order valence-corrected chi connectivity index (χ0v) is 15.4. The molecule has 1 N–H and O–H groups in total. The number of nitrogens with one attached hydrogen (secondary N) is 1. The highest BCUT2D eigenvalue weighted by Gasteiger charge is 2.30. The summed E-state index contributed by atoms with van der Waals surface area (Å²) in [7, 11) is 0. The minimum atomic E-state index is -4.47. The van der Waals surface area contributed by atoms with Gasteiger partial charge in [-0.2, -0.15) is 18.4 Å². The van der Waals surface area contributed by atoms with Crippen LogP contribution >= 0.6 is 11.6 Å². The van der Waals surface area contributed by atoms with Crippen LogP contribution in [0.3, 0.4) is 0 Å². The van der Waals surface area contributed by atoms with Crippen molar-refractivity contribution < 1.29 is 22.4 Å². The van der Waals surface area contributed by atoms with Gasteiger partial charge >= 0.3 is 6.18 Å². The standard InChI is InChI=1S/C21H12ClF3N2O2/c22-16-4-6-17(7-5-16)27-20(28)14(12-26)11-18-8-9-19(29-18)13-2-1-3-15(10-13)21(23,24)25/h1-11H,(H,27,28). The maximum atomic E-state index is 12.9. The van der Waals surface area contributed by atoms with Crippen LogP contribution in [0.2, 0.25) is 5.02 Å². The van der Waals surface area contributed by atoms with Crippen LogP contribution in [0.4, 0.5) is 18.9 Å². The summed E-state index contributed by atoms with van der Waals surface area (Å²) < 4.78 is 44.1. The number of nitriles is 1. The first-order chi connectivity index (χ1) is 13.8. The minimum absolute atomic E-state index is 0.153. The number of carbonyl (C=O) groups excluding carboxylic acids is 1. The summed E-state index contributed by atoms with van der Waals surface area (Å²) in [5.74, 6) is -0.329. The number of carbonyl (C=O) groups is 1. The predicted octanol–water partition coefficient (Wildman–Crippen LogP) is 6.16. The van der Waals surface area contributed by atoms with Gasteiger partial charge in [0.15, 0.2) is 0 Å². The summed E-state index contributed by atoms with van der Waals surface area (Å²) in [6.45, 7) is 0. The molecule has 0 atom stereocenters. The van der Waals surface area contributed by atoms with Gasteiger partial charge in [-0.05, 0) is 48.5 Å². The lowest BCUT2D eigenvalue weighted by Gasteiger charge is -2.07. The zero-order valence-electron chi connectivity index (χ0n) is 14.6. The van der Waals surface area contributed by atoms with E-state index in [-0.39, 0.29) is 22.7 Å². The monoisotopic (exact) mass is 416 g/mol. The van der Waals surface area contributed by atoms with Gasteiger partial charge in [0.1, 0.15) is 23.2 Å². The molecule has 0 unspecified atom stereocenters. The highest BCUT2D eigenvalue weighted by molar-refractivity contribution is 6.30. The highest BCUT2D eigenvalue weighted by Crippen LogP contribution is 2.32. The van der Waals surface area contributed by atoms with Gasteiger partial charge in [0.2, 0.25) is 0 Å². The second-order valence-corrected chi connectivity index (χ2v) is 6.35. The Labute approximate surface area is 168 Å². The molecule has 0 fully saturated rings. The smallest absolute Gasteiger partial charge is 0.416 e. The van der Waals surface area contributed by atoms with E-state index in [1.165, 1.54) is 30.3 Å². The van der Waals surface area contributed by atoms with Crippen molar-refractivity contribution >= 4 is 29.3 Å². The Morgan fingerprint density at radius 3 is 2.48 bits per heavy atom. The van der Waals surface area contributed by atoms with Gasteiger partial charge in [-0.3, -0.25) is 4.79 Å². The van der Waals surface area contributed by atoms with Crippen LogP contribution in [-0.2, 0) is 11.0 Å². The molecule has 3 rings (SSSR count). The van der Waals surface area contributed by atoms with Crippen molar-refractivity contribution in [3.63, 3.8) is 0 Å². The Morgan fingerprint density at radius 1 is 1.10 bits per heavy atom. The molecule has 0 aliphatic rings. The second-order valence-electron chi connectivity index (χ2n) is 5.91. The molecule has 146 valence electrons. The number of furan rings is 1. The molecule has 29 heavy (non-hydrogen) atoms. The predicted molar refractivity (Wildman–Crippen MR) is 103 cm³/mol. The molecule has 3 aromatic rings. The van der Waals surface area contributed by atoms with E-state index in [0.29, 0.717) is 10.7 Å². The molecular formula is C21H12ClF3N2O2. The summed E-state index contributed by atoms with van der Waals surface area (Å²) in [5, 5.41) is 12.3. The Balaban J connectivity index is 1.81. The molecular weight excluding hydrogens is 405 g/mol. The van der Waals surface area contributed by atoms with E-state index in [2.05, 4.69) is 5.32 Å². The van der Waals surface area contributed by atoms with Crippen molar-refractivity contribution in [2.24, 2.45) is 0 Å². The first kappa shape index (κ1) is 20.2. The van der Waals surface area contributed by atoms with Crippen LogP contribution in [-0.4, -0.2) is 5.91 Å². The van der Waals surface area contributed by atoms with Crippen LogP contribution < -0.4 is 5.32 Å². The van der Waals surface area contributed by atoms with Crippen molar-refractivity contribution in [1.29, 1.82) is 5.26 Å². The van der Waals surface area contributed by atoms with Gasteiger partial charge in [0, 0.05) is 22.3 Å².